The van der Waals surface area contributed by atoms with Gasteiger partial charge < -0.3 is 28.2 Å². The lowest BCUT2D eigenvalue weighted by molar-refractivity contribution is 0.0524. The zero-order valence-electron chi connectivity index (χ0n) is 52.2. The lowest BCUT2D eigenvalue weighted by Gasteiger charge is -2.02. The van der Waals surface area contributed by atoms with Crippen LogP contribution in [0.3, 0.4) is 0 Å². The highest BCUT2D eigenvalue weighted by atomic mass is 32.2. The van der Waals surface area contributed by atoms with Crippen LogP contribution in [0.4, 0.5) is 0 Å². The summed E-state index contributed by atoms with van der Waals surface area (Å²) in [5.74, 6) is 1.28. The molecule has 0 aliphatic heterocycles. The molecule has 2 N–H and O–H groups in total. The molecule has 27 nitrogen and oxygen atoms in total. The Labute approximate surface area is 550 Å². The molecule has 490 valence electrons. The van der Waals surface area contributed by atoms with E-state index in [9.17, 15) is 42.0 Å². The Hall–Kier alpha value is -12.8. The molecule has 0 saturated heterocycles. The van der Waals surface area contributed by atoms with E-state index >= 15 is 0 Å². The van der Waals surface area contributed by atoms with Crippen LogP contribution in [0.15, 0.2) is 209 Å². The molecule has 4 heterocycles. The molecule has 0 atom stereocenters. The van der Waals surface area contributed by atoms with Crippen LogP contribution in [0, 0.1) is 24.8 Å². The summed E-state index contributed by atoms with van der Waals surface area (Å²) in [6.45, 7) is 11.1. The number of methoxy groups -OCH3 is 2. The summed E-state index contributed by atoms with van der Waals surface area (Å²) in [5, 5.41) is 41.3. The number of nitrogens with zero attached hydrogens (tertiary/aromatic N) is 11. The molecule has 0 bridgehead atoms. The van der Waals surface area contributed by atoms with Gasteiger partial charge in [-0.3, -0.25) is 28.8 Å². The van der Waals surface area contributed by atoms with E-state index in [2.05, 4.69) is 60.3 Å². The number of aldehydes is 5. The van der Waals surface area contributed by atoms with E-state index in [0.29, 0.717) is 80.9 Å². The van der Waals surface area contributed by atoms with Crippen LogP contribution in [0.2, 0.25) is 0 Å². The van der Waals surface area contributed by atoms with Crippen LogP contribution in [0.1, 0.15) is 90.6 Å². The number of rotatable bonds is 16. The Morgan fingerprint density at radius 1 is 0.625 bits per heavy atom. The number of aryl methyl sites for hydroxylation is 2. The van der Waals surface area contributed by atoms with Crippen molar-refractivity contribution < 1.29 is 70.1 Å². The van der Waals surface area contributed by atoms with Crippen molar-refractivity contribution in [3.8, 4) is 51.5 Å². The number of nitriles is 1. The van der Waals surface area contributed by atoms with Gasteiger partial charge in [-0.2, -0.15) is 15.3 Å². The van der Waals surface area contributed by atoms with Crippen molar-refractivity contribution in [2.24, 2.45) is 7.05 Å². The number of benzene rings is 7. The van der Waals surface area contributed by atoms with E-state index in [1.54, 1.807) is 179 Å². The number of sulfone groups is 1. The first kappa shape index (κ1) is 75.7. The number of H-pyrrole nitrogens is 1. The molecule has 7 aromatic carbocycles. The number of hydrogen-bond donors (Lipinski definition) is 2. The fraction of sp³-hybridized carbons (Fsp3) is 0.132. The second kappa shape index (κ2) is 42.3. The summed E-state index contributed by atoms with van der Waals surface area (Å²) in [7, 11) is 1.19. The molecular formula is C68H62N12O15S. The van der Waals surface area contributed by atoms with E-state index in [0.717, 1.165) is 59.2 Å². The van der Waals surface area contributed by atoms with Gasteiger partial charge in [0.05, 0.1) is 74.0 Å². The van der Waals surface area contributed by atoms with Crippen molar-refractivity contribution in [2.45, 2.75) is 18.7 Å². The van der Waals surface area contributed by atoms with Crippen LogP contribution in [-0.2, 0) is 31.1 Å². The Morgan fingerprint density at radius 2 is 1.05 bits per heavy atom. The van der Waals surface area contributed by atoms with Crippen molar-refractivity contribution in [1.82, 2.24) is 50.8 Å². The molecule has 4 aromatic heterocycles. The highest BCUT2D eigenvalue weighted by Crippen LogP contribution is 2.21. The van der Waals surface area contributed by atoms with Gasteiger partial charge in [0.25, 0.3) is 9.84 Å². The topological polar surface area (TPSA) is 380 Å². The fourth-order valence-corrected chi connectivity index (χ4v) is 7.85. The number of carbonyl (C=O) groups is 7. The minimum Gasteiger partial charge on any atom is -0.465 e. The van der Waals surface area contributed by atoms with Gasteiger partial charge in [-0.25, -0.2) is 34.5 Å². The Kier molecular flexibility index (Phi) is 33.4. The number of nitrogens with one attached hydrogen (secondary N) is 1. The first-order chi connectivity index (χ1) is 46.5. The number of aromatic amines is 1. The van der Waals surface area contributed by atoms with Crippen LogP contribution in [0.25, 0.3) is 50.3 Å². The van der Waals surface area contributed by atoms with E-state index in [-0.39, 0.29) is 17.5 Å². The lowest BCUT2D eigenvalue weighted by atomic mass is 10.1. The quantitative estimate of drug-likeness (QED) is 0.0516. The molecule has 0 amide bonds. The van der Waals surface area contributed by atoms with Crippen molar-refractivity contribution >= 4 is 53.2 Å². The number of aliphatic hydroxyl groups excluding tert-OH is 1. The smallest absolute Gasteiger partial charge is 0.338 e. The third-order valence-electron chi connectivity index (χ3n) is 11.9. The Morgan fingerprint density at radius 3 is 1.41 bits per heavy atom. The molecule has 0 fully saturated rings. The molecular weight excluding hydrogens is 1260 g/mol. The third kappa shape index (κ3) is 26.6. The SMILES string of the molecule is CCOC(=O)c1ccc(-c2cnco2)cc1.COC(=O)c1ccc(C=O)cc1.COCCO.Cn1nnc(-c2ccc(C=O)cc2)n1.N#Cc1ccc(C=O)cc1.O=Cc1ccc(-c2cnco2)cc1.O=Cc1ccc(-c2nn[nH]n2)cc1.[C-]#[N+]CS(=O)(=O)c1ccc(C)cc1. The first-order valence-corrected chi connectivity index (χ1v) is 29.7. The second-order valence-electron chi connectivity index (χ2n) is 18.6. The minimum atomic E-state index is -3.38. The largest absolute Gasteiger partial charge is 0.465 e. The molecule has 0 saturated carbocycles. The maximum atomic E-state index is 11.4. The van der Waals surface area contributed by atoms with E-state index < -0.39 is 21.7 Å². The Balaban J connectivity index is 0.000000236. The molecule has 0 spiro atoms. The molecule has 0 aliphatic rings. The van der Waals surface area contributed by atoms with Crippen molar-refractivity contribution in [2.75, 3.05) is 39.9 Å². The Bertz CT molecular complexity index is 4210. The highest BCUT2D eigenvalue weighted by Gasteiger charge is 2.16. The number of aromatic nitrogens is 10. The summed E-state index contributed by atoms with van der Waals surface area (Å²) in [4.78, 5) is 85.9. The number of hydrogen-bond acceptors (Lipinski definition) is 24. The molecule has 0 unspecified atom stereocenters. The minimum absolute atomic E-state index is 0.122. The molecule has 0 radical (unpaired) electrons. The summed E-state index contributed by atoms with van der Waals surface area (Å²) in [6.07, 6.45) is 9.88. The average molecular weight is 1320 g/mol. The number of ether oxygens (including phenoxy) is 3. The van der Waals surface area contributed by atoms with Crippen molar-refractivity contribution in [3.05, 3.63) is 257 Å². The molecule has 11 aromatic rings. The first-order valence-electron chi connectivity index (χ1n) is 28.0. The predicted octanol–water partition coefficient (Wildman–Crippen LogP) is 9.97. The standard InChI is InChI=1S/C12H11NO3.C10H7NO2.C9H8N4O.C9H9NO2S.C9H8O3.C8H6N4O.C8H5NO.C3H8O2/c1-2-15-12(14)10-5-3-9(4-6-10)11-7-13-8-16-11;12-6-8-1-3-9(4-2-8)10-5-11-7-13-10;1-13-11-9(10-12-13)8-4-2-7(6-14)3-5-8;1-8-3-5-9(6-4-8)13(11,12)7-10-2;1-12-9(11)8-4-2-7(6-10)3-5-8;13-5-6-1-3-7(4-2-6)8-9-11-12-10-8;9-5-7-1-3-8(6-10)4-2-7;1-5-3-2-4/h3-8H,2H2,1H3;1-7H;2-6H,1H3;3-6H,7H2,1H3;2-6H,1H3;1-5H,(H,9,10,11,12);1-4,6H;4H,2-3H2,1H3. The van der Waals surface area contributed by atoms with Gasteiger partial charge in [-0.1, -0.05) is 127 Å². The molecule has 96 heavy (non-hydrogen) atoms. The number of oxazole rings is 2. The fourth-order valence-electron chi connectivity index (χ4n) is 6.98. The predicted molar refractivity (Wildman–Crippen MR) is 348 cm³/mol. The second-order valence-corrected chi connectivity index (χ2v) is 20.6. The summed E-state index contributed by atoms with van der Waals surface area (Å²) in [6, 6.07) is 49.3. The normalized spacial score (nSPS) is 9.71. The molecule has 28 heteroatoms. The van der Waals surface area contributed by atoms with Gasteiger partial charge in [-0.05, 0) is 72.8 Å². The number of tetrazole rings is 2. The van der Waals surface area contributed by atoms with Gasteiger partial charge in [0.2, 0.25) is 11.6 Å². The maximum Gasteiger partial charge on any atom is 0.338 e. The zero-order valence-corrected chi connectivity index (χ0v) is 53.0. The maximum absolute atomic E-state index is 11.4. The van der Waals surface area contributed by atoms with Crippen LogP contribution in [-0.4, -0.2) is 148 Å². The molecule has 11 rings (SSSR count). The van der Waals surface area contributed by atoms with Gasteiger partial charge in [0, 0.05) is 57.2 Å². The zero-order chi connectivity index (χ0) is 69.9. The highest BCUT2D eigenvalue weighted by molar-refractivity contribution is 7.91. The summed E-state index contributed by atoms with van der Waals surface area (Å²) >= 11 is 0. The van der Waals surface area contributed by atoms with Gasteiger partial charge >= 0.3 is 17.8 Å². The van der Waals surface area contributed by atoms with Gasteiger partial charge in [-0.15, -0.1) is 20.4 Å². The third-order valence-corrected chi connectivity index (χ3v) is 13.4. The van der Waals surface area contributed by atoms with Gasteiger partial charge in [0.1, 0.15) is 31.4 Å². The van der Waals surface area contributed by atoms with Gasteiger partial charge in [0.15, 0.2) is 24.3 Å². The summed E-state index contributed by atoms with van der Waals surface area (Å²) in [5.41, 5.74) is 9.10. The van der Waals surface area contributed by atoms with Crippen LogP contribution >= 0.6 is 0 Å². The molecule has 0 aliphatic carbocycles. The van der Waals surface area contributed by atoms with Crippen LogP contribution < -0.4 is 0 Å². The lowest BCUT2D eigenvalue weighted by Crippen LogP contribution is -2.03. The van der Waals surface area contributed by atoms with E-state index in [1.807, 2.05) is 25.1 Å². The van der Waals surface area contributed by atoms with E-state index in [4.69, 9.17) is 30.5 Å². The van der Waals surface area contributed by atoms with Crippen molar-refractivity contribution in [1.29, 1.82) is 5.26 Å². The number of carbonyl (C=O) groups excluding carboxylic acids is 7. The monoisotopic (exact) mass is 1320 g/mol. The number of esters is 2. The summed E-state index contributed by atoms with van der Waals surface area (Å²) < 4.78 is 46.7. The van der Waals surface area contributed by atoms with E-state index in [1.165, 1.54) is 36.8 Å². The van der Waals surface area contributed by atoms with Crippen LogP contribution in [0.5, 0.6) is 0 Å². The van der Waals surface area contributed by atoms with Crippen molar-refractivity contribution in [3.63, 3.8) is 0 Å². The number of aliphatic hydroxyl groups is 1. The average Bonchev–Trinajstić information content (AvgIpc) is 1.60.